The molecule has 1 unspecified atom stereocenters. The Morgan fingerprint density at radius 1 is 1.37 bits per heavy atom. The average Bonchev–Trinajstić information content (AvgIpc) is 2.75. The molecule has 0 amide bonds. The molecule has 5 nitrogen and oxygen atoms in total. The Morgan fingerprint density at radius 3 is 2.58 bits per heavy atom. The molecule has 1 aliphatic rings. The zero-order chi connectivity index (χ0) is 14.5. The average molecular weight is 272 g/mol. The molecule has 1 heterocycles. The van der Waals surface area contributed by atoms with E-state index < -0.39 is 17.7 Å². The van der Waals surface area contributed by atoms with Gasteiger partial charge in [-0.3, -0.25) is 9.59 Å². The van der Waals surface area contributed by atoms with Crippen LogP contribution in [0.2, 0.25) is 0 Å². The first-order valence-electron chi connectivity index (χ1n) is 6.72. The lowest BCUT2D eigenvalue weighted by atomic mass is 10.1. The van der Waals surface area contributed by atoms with Crippen molar-refractivity contribution < 1.29 is 23.8 Å². The number of ether oxygens (including phenoxy) is 3. The van der Waals surface area contributed by atoms with Crippen LogP contribution in [0.3, 0.4) is 0 Å². The molecule has 0 aliphatic carbocycles. The topological polar surface area (TPSA) is 61.8 Å². The largest absolute Gasteiger partial charge is 0.460 e. The van der Waals surface area contributed by atoms with E-state index in [1.54, 1.807) is 27.7 Å². The van der Waals surface area contributed by atoms with E-state index in [9.17, 15) is 9.59 Å². The first-order valence-corrected chi connectivity index (χ1v) is 6.72. The second kappa shape index (κ2) is 7.01. The van der Waals surface area contributed by atoms with Gasteiger partial charge in [0.15, 0.2) is 5.78 Å². The van der Waals surface area contributed by atoms with Crippen LogP contribution in [0, 0.1) is 5.92 Å². The lowest BCUT2D eigenvalue weighted by Gasteiger charge is -2.20. The van der Waals surface area contributed by atoms with Crippen LogP contribution in [0.1, 0.15) is 40.5 Å². The van der Waals surface area contributed by atoms with Crippen molar-refractivity contribution in [1.29, 1.82) is 0 Å². The molecular weight excluding hydrogens is 248 g/mol. The molecule has 2 atom stereocenters. The quantitative estimate of drug-likeness (QED) is 0.544. The van der Waals surface area contributed by atoms with Crippen molar-refractivity contribution in [3.63, 3.8) is 0 Å². The van der Waals surface area contributed by atoms with Gasteiger partial charge in [-0.25, -0.2) is 0 Å². The van der Waals surface area contributed by atoms with Gasteiger partial charge in [0.1, 0.15) is 18.1 Å². The summed E-state index contributed by atoms with van der Waals surface area (Å²) in [5, 5.41) is 0. The predicted molar refractivity (Wildman–Crippen MR) is 69.8 cm³/mol. The van der Waals surface area contributed by atoms with Gasteiger partial charge < -0.3 is 14.2 Å². The van der Waals surface area contributed by atoms with Crippen LogP contribution in [0.15, 0.2) is 0 Å². The van der Waals surface area contributed by atoms with Crippen molar-refractivity contribution >= 4 is 11.8 Å². The maximum atomic E-state index is 11.8. The van der Waals surface area contributed by atoms with Crippen molar-refractivity contribution in [3.05, 3.63) is 0 Å². The maximum absolute atomic E-state index is 11.8. The maximum Gasteiger partial charge on any atom is 0.313 e. The van der Waals surface area contributed by atoms with Crippen LogP contribution in [0.4, 0.5) is 0 Å². The smallest absolute Gasteiger partial charge is 0.313 e. The SMILES string of the molecule is CC(OC[C@@H]1CCOC1)C(=O)CC(=O)OC(C)(C)C. The van der Waals surface area contributed by atoms with Crippen LogP contribution in [0.5, 0.6) is 0 Å². The number of hydrogen-bond donors (Lipinski definition) is 0. The molecule has 1 aliphatic heterocycles. The fourth-order valence-electron chi connectivity index (χ4n) is 1.75. The van der Waals surface area contributed by atoms with Crippen LogP contribution < -0.4 is 0 Å². The Labute approximate surface area is 114 Å². The minimum Gasteiger partial charge on any atom is -0.460 e. The highest BCUT2D eigenvalue weighted by Crippen LogP contribution is 2.14. The van der Waals surface area contributed by atoms with E-state index in [-0.39, 0.29) is 12.2 Å². The third-order valence-corrected chi connectivity index (χ3v) is 2.80. The highest BCUT2D eigenvalue weighted by atomic mass is 16.6. The molecule has 5 heteroatoms. The van der Waals surface area contributed by atoms with E-state index in [1.165, 1.54) is 0 Å². The molecule has 0 bridgehead atoms. The minimum absolute atomic E-state index is 0.237. The van der Waals surface area contributed by atoms with Gasteiger partial charge in [-0.05, 0) is 34.1 Å². The zero-order valence-electron chi connectivity index (χ0n) is 12.2. The molecule has 0 aromatic heterocycles. The molecule has 1 rings (SSSR count). The molecule has 1 fully saturated rings. The number of carbonyl (C=O) groups excluding carboxylic acids is 2. The summed E-state index contributed by atoms with van der Waals surface area (Å²) in [6.45, 7) is 8.94. The Morgan fingerprint density at radius 2 is 2.05 bits per heavy atom. The van der Waals surface area contributed by atoms with Gasteiger partial charge in [0.25, 0.3) is 0 Å². The summed E-state index contributed by atoms with van der Waals surface area (Å²) in [6.07, 6.45) is 0.153. The number of Topliss-reactive ketones (excluding diaryl/α,β-unsaturated/α-hetero) is 1. The Balaban J connectivity index is 2.25. The van der Waals surface area contributed by atoms with E-state index in [0.717, 1.165) is 13.0 Å². The minimum atomic E-state index is -0.576. The Hall–Kier alpha value is -0.940. The first-order chi connectivity index (χ1) is 8.78. The number of esters is 1. The normalized spacial score (nSPS) is 21.2. The van der Waals surface area contributed by atoms with Gasteiger partial charge in [0.2, 0.25) is 0 Å². The summed E-state index contributed by atoms with van der Waals surface area (Å²) < 4.78 is 15.8. The van der Waals surface area contributed by atoms with Gasteiger partial charge >= 0.3 is 5.97 Å². The van der Waals surface area contributed by atoms with Crippen molar-refractivity contribution in [2.75, 3.05) is 19.8 Å². The predicted octanol–water partition coefficient (Wildman–Crippen LogP) is 1.73. The van der Waals surface area contributed by atoms with Gasteiger partial charge in [-0.2, -0.15) is 0 Å². The van der Waals surface area contributed by atoms with E-state index in [2.05, 4.69) is 0 Å². The lowest BCUT2D eigenvalue weighted by molar-refractivity contribution is -0.157. The van der Waals surface area contributed by atoms with E-state index in [1.807, 2.05) is 0 Å². The van der Waals surface area contributed by atoms with Crippen LogP contribution >= 0.6 is 0 Å². The van der Waals surface area contributed by atoms with Crippen LogP contribution in [-0.2, 0) is 23.8 Å². The monoisotopic (exact) mass is 272 g/mol. The fourth-order valence-corrected chi connectivity index (χ4v) is 1.75. The van der Waals surface area contributed by atoms with Gasteiger partial charge in [0.05, 0.1) is 13.2 Å². The molecule has 0 radical (unpaired) electrons. The van der Waals surface area contributed by atoms with Gasteiger partial charge in [0, 0.05) is 12.5 Å². The Kier molecular flexibility index (Phi) is 5.94. The third kappa shape index (κ3) is 6.68. The molecule has 1 saturated heterocycles. The summed E-state index contributed by atoms with van der Waals surface area (Å²) in [6, 6.07) is 0. The fraction of sp³-hybridized carbons (Fsp3) is 0.857. The van der Waals surface area contributed by atoms with Crippen molar-refractivity contribution in [2.24, 2.45) is 5.92 Å². The molecular formula is C14H24O5. The standard InChI is InChI=1S/C14H24O5/c1-10(18-9-11-5-6-17-8-11)12(15)7-13(16)19-14(2,3)4/h10-11H,5-9H2,1-4H3/t10?,11-/m1/s1. The molecule has 0 spiro atoms. The molecule has 19 heavy (non-hydrogen) atoms. The molecule has 0 aromatic rings. The van der Waals surface area contributed by atoms with E-state index in [4.69, 9.17) is 14.2 Å². The summed E-state index contributed by atoms with van der Waals surface area (Å²) in [7, 11) is 0. The number of ketones is 1. The van der Waals surface area contributed by atoms with Crippen LogP contribution in [0.25, 0.3) is 0 Å². The van der Waals surface area contributed by atoms with Gasteiger partial charge in [-0.1, -0.05) is 0 Å². The van der Waals surface area contributed by atoms with E-state index >= 15 is 0 Å². The lowest BCUT2D eigenvalue weighted by Crippen LogP contribution is -2.30. The first kappa shape index (κ1) is 16.1. The summed E-state index contributed by atoms with van der Waals surface area (Å²) in [5.41, 5.74) is -0.567. The number of rotatable bonds is 6. The number of carbonyl (C=O) groups is 2. The number of hydrogen-bond acceptors (Lipinski definition) is 5. The van der Waals surface area contributed by atoms with Gasteiger partial charge in [-0.15, -0.1) is 0 Å². The summed E-state index contributed by atoms with van der Waals surface area (Å²) in [4.78, 5) is 23.3. The van der Waals surface area contributed by atoms with Crippen LogP contribution in [-0.4, -0.2) is 43.3 Å². The highest BCUT2D eigenvalue weighted by molar-refractivity contribution is 5.97. The second-order valence-electron chi connectivity index (χ2n) is 5.93. The molecule has 110 valence electrons. The van der Waals surface area contributed by atoms with E-state index in [0.29, 0.717) is 19.1 Å². The molecule has 0 aromatic carbocycles. The highest BCUT2D eigenvalue weighted by Gasteiger charge is 2.24. The summed E-state index contributed by atoms with van der Waals surface area (Å²) in [5.74, 6) is -0.387. The van der Waals surface area contributed by atoms with Crippen molar-refractivity contribution in [3.8, 4) is 0 Å². The zero-order valence-corrected chi connectivity index (χ0v) is 12.2. The Bertz CT molecular complexity index is 312. The second-order valence-corrected chi connectivity index (χ2v) is 5.93. The molecule has 0 saturated carbocycles. The third-order valence-electron chi connectivity index (χ3n) is 2.80. The van der Waals surface area contributed by atoms with Crippen molar-refractivity contribution in [2.45, 2.75) is 52.2 Å². The van der Waals surface area contributed by atoms with Crippen molar-refractivity contribution in [1.82, 2.24) is 0 Å². The summed E-state index contributed by atoms with van der Waals surface area (Å²) >= 11 is 0. The molecule has 0 N–H and O–H groups in total.